The van der Waals surface area contributed by atoms with E-state index >= 15 is 0 Å². The number of aromatic nitrogens is 3. The Kier molecular flexibility index (Phi) is 6.17. The van der Waals surface area contributed by atoms with Crippen LogP contribution in [0.15, 0.2) is 48.9 Å². The Morgan fingerprint density at radius 1 is 1.11 bits per heavy atom. The third kappa shape index (κ3) is 4.10. The lowest BCUT2D eigenvalue weighted by Crippen LogP contribution is -2.63. The summed E-state index contributed by atoms with van der Waals surface area (Å²) in [5.41, 5.74) is 4.01. The van der Waals surface area contributed by atoms with Gasteiger partial charge >= 0.3 is 0 Å². The summed E-state index contributed by atoms with van der Waals surface area (Å²) in [7, 11) is 2.08. The lowest BCUT2D eigenvalue weighted by Gasteiger charge is -2.55. The third-order valence-electron chi connectivity index (χ3n) is 7.90. The van der Waals surface area contributed by atoms with E-state index in [1.54, 1.807) is 19.3 Å². The molecule has 1 saturated heterocycles. The summed E-state index contributed by atoms with van der Waals surface area (Å²) < 4.78 is 0. The second-order valence-electron chi connectivity index (χ2n) is 11.0. The van der Waals surface area contributed by atoms with E-state index < -0.39 is 5.60 Å². The Morgan fingerprint density at radius 3 is 2.47 bits per heavy atom. The van der Waals surface area contributed by atoms with Crippen molar-refractivity contribution in [3.63, 3.8) is 0 Å². The van der Waals surface area contributed by atoms with Crippen LogP contribution < -0.4 is 0 Å². The van der Waals surface area contributed by atoms with Gasteiger partial charge in [0.2, 0.25) is 5.91 Å². The summed E-state index contributed by atoms with van der Waals surface area (Å²) in [5.74, 6) is 1.08. The van der Waals surface area contributed by atoms with Gasteiger partial charge in [0.25, 0.3) is 0 Å². The molecular weight excluding hydrogens is 450 g/mol. The molecule has 36 heavy (non-hydrogen) atoms. The van der Waals surface area contributed by atoms with Crippen molar-refractivity contribution < 1.29 is 9.90 Å². The molecule has 0 radical (unpaired) electrons. The highest BCUT2D eigenvalue weighted by Gasteiger charge is 2.55. The predicted octanol–water partition coefficient (Wildman–Crippen LogP) is 3.75. The predicted molar refractivity (Wildman–Crippen MR) is 139 cm³/mol. The fraction of sp³-hybridized carbons (Fsp3) is 0.448. The summed E-state index contributed by atoms with van der Waals surface area (Å²) >= 11 is 0. The van der Waals surface area contributed by atoms with Crippen molar-refractivity contribution in [2.24, 2.45) is 5.41 Å². The van der Waals surface area contributed by atoms with E-state index in [4.69, 9.17) is 4.98 Å². The second-order valence-corrected chi connectivity index (χ2v) is 11.0. The zero-order chi connectivity index (χ0) is 25.7. The van der Waals surface area contributed by atoms with Crippen molar-refractivity contribution in [3.05, 3.63) is 76.9 Å². The molecule has 5 rings (SSSR count). The molecular formula is C29H35N5O2. The van der Waals surface area contributed by atoms with E-state index in [1.807, 2.05) is 17.2 Å². The summed E-state index contributed by atoms with van der Waals surface area (Å²) in [4.78, 5) is 29.8. The number of fused-ring (bicyclic) bond motifs is 1. The van der Waals surface area contributed by atoms with Gasteiger partial charge in [-0.1, -0.05) is 45.0 Å². The van der Waals surface area contributed by atoms with Crippen LogP contribution >= 0.6 is 0 Å². The first-order valence-electron chi connectivity index (χ1n) is 12.7. The number of hydrogen-bond donors (Lipinski definition) is 1. The fourth-order valence-electron chi connectivity index (χ4n) is 5.83. The van der Waals surface area contributed by atoms with Crippen LogP contribution in [0.4, 0.5) is 0 Å². The highest BCUT2D eigenvalue weighted by molar-refractivity contribution is 5.73. The molecule has 0 saturated carbocycles. The van der Waals surface area contributed by atoms with Crippen molar-refractivity contribution in [1.82, 2.24) is 24.8 Å². The van der Waals surface area contributed by atoms with Gasteiger partial charge in [0.15, 0.2) is 5.82 Å². The molecule has 2 aromatic heterocycles. The van der Waals surface area contributed by atoms with Crippen LogP contribution in [-0.2, 0) is 23.4 Å². The summed E-state index contributed by atoms with van der Waals surface area (Å²) in [6, 6.07) is 10.3. The maximum absolute atomic E-state index is 12.5. The first-order valence-corrected chi connectivity index (χ1v) is 12.7. The van der Waals surface area contributed by atoms with E-state index in [9.17, 15) is 9.90 Å². The van der Waals surface area contributed by atoms with E-state index in [1.165, 1.54) is 5.56 Å². The minimum absolute atomic E-state index is 0.0671. The van der Waals surface area contributed by atoms with E-state index in [2.05, 4.69) is 67.0 Å². The number of hydrogen-bond acceptors (Lipinski definition) is 6. The largest absolute Gasteiger partial charge is 0.380 e. The lowest BCUT2D eigenvalue weighted by molar-refractivity contribution is -0.129. The molecule has 1 amide bonds. The van der Waals surface area contributed by atoms with Gasteiger partial charge in [0, 0.05) is 80.2 Å². The van der Waals surface area contributed by atoms with E-state index in [0.717, 1.165) is 41.0 Å². The minimum Gasteiger partial charge on any atom is -0.380 e. The summed E-state index contributed by atoms with van der Waals surface area (Å²) in [5, 5.41) is 12.5. The van der Waals surface area contributed by atoms with Gasteiger partial charge in [-0.05, 0) is 30.2 Å². The zero-order valence-corrected chi connectivity index (χ0v) is 21.8. The Balaban J connectivity index is 1.54. The monoisotopic (exact) mass is 485 g/mol. The molecule has 1 fully saturated rings. The molecule has 188 valence electrons. The molecule has 0 spiro atoms. The Hall–Kier alpha value is -3.16. The topological polar surface area (TPSA) is 82.5 Å². The average Bonchev–Trinajstić information content (AvgIpc) is 2.86. The van der Waals surface area contributed by atoms with Gasteiger partial charge in [-0.3, -0.25) is 9.78 Å². The number of carbonyl (C=O) groups excluding carboxylic acids is 1. The molecule has 1 N–H and O–H groups in total. The minimum atomic E-state index is -1.21. The van der Waals surface area contributed by atoms with Crippen molar-refractivity contribution in [1.29, 1.82) is 0 Å². The molecule has 7 nitrogen and oxygen atoms in total. The van der Waals surface area contributed by atoms with Crippen LogP contribution in [0.25, 0.3) is 11.4 Å². The van der Waals surface area contributed by atoms with Crippen LogP contribution in [0.1, 0.15) is 61.6 Å². The Bertz CT molecular complexity index is 1280. The van der Waals surface area contributed by atoms with Crippen LogP contribution in [-0.4, -0.2) is 62.4 Å². The molecule has 0 bridgehead atoms. The number of pyridine rings is 1. The van der Waals surface area contributed by atoms with Gasteiger partial charge < -0.3 is 14.9 Å². The van der Waals surface area contributed by atoms with Crippen LogP contribution in [0.3, 0.4) is 0 Å². The number of likely N-dealkylation sites (tertiary alicyclic amines) is 1. The quantitative estimate of drug-likeness (QED) is 0.593. The van der Waals surface area contributed by atoms with Gasteiger partial charge in [-0.25, -0.2) is 9.97 Å². The molecule has 4 heterocycles. The molecule has 3 aromatic rings. The molecule has 7 heteroatoms. The highest BCUT2D eigenvalue weighted by Crippen LogP contribution is 2.50. The average molecular weight is 486 g/mol. The highest BCUT2D eigenvalue weighted by atomic mass is 16.3. The van der Waals surface area contributed by atoms with E-state index in [-0.39, 0.29) is 11.3 Å². The maximum atomic E-state index is 12.5. The number of nitrogens with zero attached hydrogens (tertiary/aromatic N) is 5. The van der Waals surface area contributed by atoms with Crippen LogP contribution in [0, 0.1) is 5.41 Å². The number of carbonyl (C=O) groups is 1. The zero-order valence-electron chi connectivity index (χ0n) is 21.8. The Morgan fingerprint density at radius 2 is 1.83 bits per heavy atom. The summed E-state index contributed by atoms with van der Waals surface area (Å²) in [6.07, 6.45) is 6.05. The maximum Gasteiger partial charge on any atom is 0.219 e. The smallest absolute Gasteiger partial charge is 0.219 e. The van der Waals surface area contributed by atoms with Crippen molar-refractivity contribution >= 4 is 5.91 Å². The first kappa shape index (κ1) is 24.5. The lowest BCUT2D eigenvalue weighted by atomic mass is 9.62. The summed E-state index contributed by atoms with van der Waals surface area (Å²) in [6.45, 7) is 10.8. The fourth-order valence-corrected chi connectivity index (χ4v) is 5.83. The van der Waals surface area contributed by atoms with Crippen LogP contribution in [0.5, 0.6) is 0 Å². The first-order chi connectivity index (χ1) is 17.1. The van der Waals surface area contributed by atoms with Gasteiger partial charge in [-0.2, -0.15) is 0 Å². The number of aliphatic hydroxyl groups is 1. The number of benzene rings is 1. The van der Waals surface area contributed by atoms with Gasteiger partial charge in [-0.15, -0.1) is 0 Å². The molecule has 1 atom stereocenters. The normalized spacial score (nSPS) is 18.9. The van der Waals surface area contributed by atoms with Crippen LogP contribution in [0.2, 0.25) is 0 Å². The van der Waals surface area contributed by atoms with Gasteiger partial charge in [0.05, 0.1) is 5.69 Å². The van der Waals surface area contributed by atoms with Crippen molar-refractivity contribution in [2.45, 2.75) is 52.2 Å². The Labute approximate surface area is 213 Å². The molecule has 0 unspecified atom stereocenters. The molecule has 2 aliphatic heterocycles. The third-order valence-corrected chi connectivity index (χ3v) is 7.90. The molecule has 1 aromatic carbocycles. The standard InChI is InChI=1S/C29H35N5O2/c1-19(2)21-6-8-24(9-7-21)29(36,28(4)17-33(5)18-28)25-12-22(13-30-15-25)27-31-14-23-16-34(20(3)35)11-10-26(23)32-27/h6-9,12-15,19,36H,10-11,16-18H2,1-5H3/t29-/m0/s1. The number of rotatable bonds is 5. The molecule has 2 aliphatic rings. The number of amides is 1. The van der Waals surface area contributed by atoms with Crippen molar-refractivity contribution in [3.8, 4) is 11.4 Å². The SMILES string of the molecule is CC(=O)N1CCc2nc(-c3cncc([C@@](O)(c4ccc(C(C)C)cc4)C4(C)CN(C)C4)c3)ncc2C1. The molecule has 0 aliphatic carbocycles. The van der Waals surface area contributed by atoms with E-state index in [0.29, 0.717) is 31.3 Å². The second kappa shape index (κ2) is 9.05. The van der Waals surface area contributed by atoms with Crippen molar-refractivity contribution in [2.75, 3.05) is 26.7 Å². The van der Waals surface area contributed by atoms with Gasteiger partial charge in [0.1, 0.15) is 5.60 Å².